The number of hydrogen-bond donors (Lipinski definition) is 1. The van der Waals surface area contributed by atoms with Crippen LogP contribution in [0, 0.1) is 13.8 Å². The van der Waals surface area contributed by atoms with E-state index in [1.165, 1.54) is 4.90 Å². The first kappa shape index (κ1) is 28.0. The molecule has 0 bridgehead atoms. The molecule has 2 aromatic carbocycles. The molecule has 7 nitrogen and oxygen atoms in total. The molecule has 0 heterocycles. The summed E-state index contributed by atoms with van der Waals surface area (Å²) in [5.41, 5.74) is 2.74. The molecule has 0 aliphatic rings. The summed E-state index contributed by atoms with van der Waals surface area (Å²) in [5, 5.41) is 3.49. The van der Waals surface area contributed by atoms with Crippen LogP contribution in [0.3, 0.4) is 0 Å². The van der Waals surface area contributed by atoms with Crippen LogP contribution in [0.2, 0.25) is 10.0 Å². The molecule has 0 saturated carbocycles. The molecule has 0 radical (unpaired) electrons. The SMILES string of the molecule is CCCNC(=O)[C@H](C)N(Cc1ccc(Cl)c(Cl)c1)C(=O)CN(c1cccc(C)c1C)S(C)(=O)=O. The lowest BCUT2D eigenvalue weighted by Gasteiger charge is -2.32. The fourth-order valence-electron chi connectivity index (χ4n) is 3.41. The van der Waals surface area contributed by atoms with Crippen LogP contribution < -0.4 is 9.62 Å². The highest BCUT2D eigenvalue weighted by atomic mass is 35.5. The van der Waals surface area contributed by atoms with Crippen LogP contribution in [0.15, 0.2) is 36.4 Å². The highest BCUT2D eigenvalue weighted by Crippen LogP contribution is 2.26. The Labute approximate surface area is 212 Å². The summed E-state index contributed by atoms with van der Waals surface area (Å²) in [5.74, 6) is -0.843. The monoisotopic (exact) mass is 527 g/mol. The number of carbonyl (C=O) groups is 2. The van der Waals surface area contributed by atoms with Gasteiger partial charge in [0.05, 0.1) is 22.0 Å². The number of nitrogens with zero attached hydrogens (tertiary/aromatic N) is 2. The van der Waals surface area contributed by atoms with E-state index in [0.717, 1.165) is 28.1 Å². The smallest absolute Gasteiger partial charge is 0.244 e. The van der Waals surface area contributed by atoms with Gasteiger partial charge in [-0.1, -0.05) is 48.3 Å². The van der Waals surface area contributed by atoms with Crippen molar-refractivity contribution in [2.45, 2.75) is 46.7 Å². The quantitative estimate of drug-likeness (QED) is 0.498. The molecular formula is C24H31Cl2N3O4S. The summed E-state index contributed by atoms with van der Waals surface area (Å²) in [4.78, 5) is 27.6. The molecule has 0 aliphatic heterocycles. The highest BCUT2D eigenvalue weighted by molar-refractivity contribution is 7.92. The van der Waals surface area contributed by atoms with Crippen molar-refractivity contribution in [1.29, 1.82) is 0 Å². The van der Waals surface area contributed by atoms with E-state index < -0.39 is 28.5 Å². The zero-order valence-corrected chi connectivity index (χ0v) is 22.4. The molecule has 0 fully saturated rings. The van der Waals surface area contributed by atoms with E-state index in [0.29, 0.717) is 27.8 Å². The van der Waals surface area contributed by atoms with E-state index in [1.807, 2.05) is 26.8 Å². The van der Waals surface area contributed by atoms with Crippen LogP contribution in [0.25, 0.3) is 0 Å². The van der Waals surface area contributed by atoms with Crippen molar-refractivity contribution in [3.8, 4) is 0 Å². The van der Waals surface area contributed by atoms with Gasteiger partial charge in [-0.2, -0.15) is 0 Å². The standard InChI is InChI=1S/C24H31Cl2N3O4S/c1-6-12-27-24(31)18(4)28(14-19-10-11-20(25)21(26)13-19)23(30)15-29(34(5,32)33)22-9-7-8-16(2)17(22)3/h7-11,13,18H,6,12,14-15H2,1-5H3,(H,27,31)/t18-/m0/s1. The number of hydrogen-bond acceptors (Lipinski definition) is 4. The first-order valence-corrected chi connectivity index (χ1v) is 13.5. The van der Waals surface area contributed by atoms with Crippen LogP contribution >= 0.6 is 23.2 Å². The second-order valence-electron chi connectivity index (χ2n) is 8.23. The minimum absolute atomic E-state index is 0.0564. The summed E-state index contributed by atoms with van der Waals surface area (Å²) in [6, 6.07) is 9.39. The summed E-state index contributed by atoms with van der Waals surface area (Å²) in [7, 11) is -3.78. The topological polar surface area (TPSA) is 86.8 Å². The molecule has 186 valence electrons. The summed E-state index contributed by atoms with van der Waals surface area (Å²) < 4.78 is 26.4. The van der Waals surface area contributed by atoms with E-state index in [9.17, 15) is 18.0 Å². The van der Waals surface area contributed by atoms with Gasteiger partial charge in [-0.3, -0.25) is 13.9 Å². The normalized spacial score (nSPS) is 12.2. The van der Waals surface area contributed by atoms with Gasteiger partial charge in [-0.05, 0) is 62.1 Å². The van der Waals surface area contributed by atoms with E-state index in [4.69, 9.17) is 23.2 Å². The Morgan fingerprint density at radius 3 is 2.35 bits per heavy atom. The van der Waals surface area contributed by atoms with Gasteiger partial charge in [-0.25, -0.2) is 8.42 Å². The van der Waals surface area contributed by atoms with Gasteiger partial charge in [0.1, 0.15) is 12.6 Å². The first-order chi connectivity index (χ1) is 15.9. The van der Waals surface area contributed by atoms with Gasteiger partial charge in [-0.15, -0.1) is 0 Å². The number of rotatable bonds is 10. The molecule has 0 saturated heterocycles. The van der Waals surface area contributed by atoms with Crippen molar-refractivity contribution in [1.82, 2.24) is 10.2 Å². The predicted molar refractivity (Wildman–Crippen MR) is 138 cm³/mol. The number of aryl methyl sites for hydroxylation is 1. The lowest BCUT2D eigenvalue weighted by atomic mass is 10.1. The van der Waals surface area contributed by atoms with Gasteiger partial charge >= 0.3 is 0 Å². The maximum atomic E-state index is 13.5. The minimum atomic E-state index is -3.78. The van der Waals surface area contributed by atoms with Gasteiger partial charge in [0.25, 0.3) is 0 Å². The lowest BCUT2D eigenvalue weighted by molar-refractivity contribution is -0.139. The lowest BCUT2D eigenvalue weighted by Crippen LogP contribution is -2.51. The summed E-state index contributed by atoms with van der Waals surface area (Å²) in [6.45, 7) is 7.30. The van der Waals surface area contributed by atoms with Gasteiger partial charge in [0.2, 0.25) is 21.8 Å². The number of halogens is 2. The van der Waals surface area contributed by atoms with Crippen molar-refractivity contribution in [3.63, 3.8) is 0 Å². The number of nitrogens with one attached hydrogen (secondary N) is 1. The number of benzene rings is 2. The summed E-state index contributed by atoms with van der Waals surface area (Å²) in [6.07, 6.45) is 1.80. The van der Waals surface area contributed by atoms with Crippen molar-refractivity contribution in [2.75, 3.05) is 23.7 Å². The maximum absolute atomic E-state index is 13.5. The third-order valence-electron chi connectivity index (χ3n) is 5.58. The zero-order valence-electron chi connectivity index (χ0n) is 20.1. The van der Waals surface area contributed by atoms with Crippen molar-refractivity contribution in [3.05, 3.63) is 63.1 Å². The number of sulfonamides is 1. The Balaban J connectivity index is 2.44. The van der Waals surface area contributed by atoms with E-state index in [1.54, 1.807) is 37.3 Å². The fourth-order valence-corrected chi connectivity index (χ4v) is 4.63. The number of anilines is 1. The Kier molecular flexibility index (Phi) is 9.79. The average molecular weight is 529 g/mol. The maximum Gasteiger partial charge on any atom is 0.244 e. The Morgan fingerprint density at radius 2 is 1.76 bits per heavy atom. The third-order valence-corrected chi connectivity index (χ3v) is 7.44. The van der Waals surface area contributed by atoms with Gasteiger partial charge in [0, 0.05) is 13.1 Å². The van der Waals surface area contributed by atoms with E-state index in [2.05, 4.69) is 5.32 Å². The molecule has 2 aromatic rings. The molecule has 0 aliphatic carbocycles. The average Bonchev–Trinajstić information content (AvgIpc) is 2.77. The largest absolute Gasteiger partial charge is 0.354 e. The predicted octanol–water partition coefficient (Wildman–Crippen LogP) is 4.32. The molecule has 2 rings (SSSR count). The van der Waals surface area contributed by atoms with Crippen molar-refractivity contribution in [2.24, 2.45) is 0 Å². The van der Waals surface area contributed by atoms with Crippen LogP contribution in [0.4, 0.5) is 5.69 Å². The molecule has 0 spiro atoms. The number of carbonyl (C=O) groups excluding carboxylic acids is 2. The van der Waals surface area contributed by atoms with E-state index >= 15 is 0 Å². The second kappa shape index (κ2) is 11.9. The molecule has 1 N–H and O–H groups in total. The number of amides is 2. The molecule has 1 atom stereocenters. The molecular weight excluding hydrogens is 497 g/mol. The molecule has 0 unspecified atom stereocenters. The van der Waals surface area contributed by atoms with Gasteiger partial charge in [0.15, 0.2) is 0 Å². The van der Waals surface area contributed by atoms with Crippen molar-refractivity contribution < 1.29 is 18.0 Å². The molecule has 10 heteroatoms. The highest BCUT2D eigenvalue weighted by Gasteiger charge is 2.30. The van der Waals surface area contributed by atoms with Gasteiger partial charge < -0.3 is 10.2 Å². The minimum Gasteiger partial charge on any atom is -0.354 e. The molecule has 0 aromatic heterocycles. The van der Waals surface area contributed by atoms with Crippen LogP contribution in [0.1, 0.15) is 37.0 Å². The molecule has 34 heavy (non-hydrogen) atoms. The van der Waals surface area contributed by atoms with Crippen LogP contribution in [-0.2, 0) is 26.2 Å². The summed E-state index contributed by atoms with van der Waals surface area (Å²) >= 11 is 12.2. The Hall–Kier alpha value is -2.29. The van der Waals surface area contributed by atoms with Crippen LogP contribution in [-0.4, -0.2) is 50.5 Å². The van der Waals surface area contributed by atoms with E-state index in [-0.39, 0.29) is 12.5 Å². The Morgan fingerprint density at radius 1 is 1.09 bits per heavy atom. The third kappa shape index (κ3) is 7.10. The first-order valence-electron chi connectivity index (χ1n) is 10.9. The second-order valence-corrected chi connectivity index (χ2v) is 10.9. The van der Waals surface area contributed by atoms with Crippen LogP contribution in [0.5, 0.6) is 0 Å². The molecule has 2 amide bonds. The fraction of sp³-hybridized carbons (Fsp3) is 0.417. The zero-order chi connectivity index (χ0) is 25.6. The Bertz CT molecular complexity index is 1150. The van der Waals surface area contributed by atoms with Crippen molar-refractivity contribution >= 4 is 50.7 Å².